The molecule has 20 nitrogen and oxygen atoms in total. The molecule has 2 aromatic rings. The van der Waals surface area contributed by atoms with E-state index in [-0.39, 0.29) is 77.0 Å². The Kier molecular flexibility index (Phi) is 17.8. The number of carbonyl (C=O) groups is 3. The Balaban J connectivity index is 0.000000363. The number of benzene rings is 2. The molecule has 0 aliphatic carbocycles. The van der Waals surface area contributed by atoms with Gasteiger partial charge in [0.25, 0.3) is 23.2 Å². The number of nitro groups is 2. The van der Waals surface area contributed by atoms with E-state index >= 15 is 0 Å². The van der Waals surface area contributed by atoms with E-state index in [2.05, 4.69) is 38.0 Å². The number of hydrogen-bond donors (Lipinski definition) is 0. The Morgan fingerprint density at radius 1 is 0.701 bits per heavy atom. The van der Waals surface area contributed by atoms with E-state index in [9.17, 15) is 56.2 Å². The lowest BCUT2D eigenvalue weighted by Crippen LogP contribution is -2.46. The predicted molar refractivity (Wildman–Crippen MR) is 242 cm³/mol. The average molecular weight is 1010 g/mol. The van der Waals surface area contributed by atoms with Crippen LogP contribution in [0.15, 0.2) is 24.3 Å². The standard InChI is InChI=1S/C21H31F3N2O9SSi.C20H30N2O7Si/c1-20(2,3)37(6,7)34-12-13-8-14(35-36(30,31)21(22,23)24)11-25(13)19(27)15-9-17(32-4)18(33-5)10-16(15)26(28)29;1-20(2,3)30(6,7)29-12-13-8-14(23)11-21(13)19(24)15-9-17(27-4)18(28-5)10-16(15)22(25)26/h9-10,13-14H,8,11-12H2,1-7H3;9-10,13H,8,11-12H2,1-7H3/t13-,14?;13-/m00/s1. The van der Waals surface area contributed by atoms with E-state index in [0.717, 1.165) is 23.1 Å². The van der Waals surface area contributed by atoms with Gasteiger partial charge in [-0.1, -0.05) is 41.5 Å². The minimum Gasteiger partial charge on any atom is -0.493 e. The van der Waals surface area contributed by atoms with E-state index in [1.807, 2.05) is 33.9 Å². The number of amides is 2. The van der Waals surface area contributed by atoms with Gasteiger partial charge in [-0.3, -0.25) is 38.8 Å². The number of likely N-dealkylation sites (tertiary alicyclic amines) is 2. The molecular weight excluding hydrogens is 950 g/mol. The maximum absolute atomic E-state index is 13.5. The van der Waals surface area contributed by atoms with E-state index in [0.29, 0.717) is 0 Å². The second-order valence-electron chi connectivity index (χ2n) is 18.9. The average Bonchev–Trinajstić information content (AvgIpc) is 3.81. The summed E-state index contributed by atoms with van der Waals surface area (Å²) in [6, 6.07) is 3.14. The minimum atomic E-state index is -5.94. The van der Waals surface area contributed by atoms with Gasteiger partial charge >= 0.3 is 15.6 Å². The van der Waals surface area contributed by atoms with E-state index in [1.54, 1.807) is 0 Å². The first-order valence-corrected chi connectivity index (χ1v) is 28.0. The number of ketones is 1. The maximum Gasteiger partial charge on any atom is 0.523 e. The summed E-state index contributed by atoms with van der Waals surface area (Å²) in [5.41, 5.74) is -7.25. The van der Waals surface area contributed by atoms with E-state index in [1.165, 1.54) is 39.4 Å². The van der Waals surface area contributed by atoms with Gasteiger partial charge in [-0.2, -0.15) is 21.6 Å². The Hall–Kier alpha value is -4.90. The van der Waals surface area contributed by atoms with Crippen LogP contribution in [-0.2, 0) is 27.9 Å². The fourth-order valence-corrected chi connectivity index (χ4v) is 9.15. The zero-order chi connectivity index (χ0) is 51.4. The molecule has 0 bridgehead atoms. The molecule has 0 spiro atoms. The molecule has 1 unspecified atom stereocenters. The maximum atomic E-state index is 13.5. The van der Waals surface area contributed by atoms with Gasteiger partial charge in [0, 0.05) is 25.1 Å². The molecule has 2 fully saturated rings. The Morgan fingerprint density at radius 3 is 1.43 bits per heavy atom. The van der Waals surface area contributed by atoms with Crippen LogP contribution in [0.4, 0.5) is 24.5 Å². The number of methoxy groups -OCH3 is 4. The summed E-state index contributed by atoms with van der Waals surface area (Å²) in [5.74, 6) is -1.28. The minimum absolute atomic E-state index is 0.0113. The summed E-state index contributed by atoms with van der Waals surface area (Å²) in [5, 5.41) is 23.0. The number of carbonyl (C=O) groups excluding carboxylic acids is 3. The van der Waals surface area contributed by atoms with Crippen molar-refractivity contribution in [2.24, 2.45) is 0 Å². The van der Waals surface area contributed by atoms with Crippen LogP contribution in [0.1, 0.15) is 75.1 Å². The van der Waals surface area contributed by atoms with Gasteiger partial charge in [0.2, 0.25) is 0 Å². The third-order valence-electron chi connectivity index (χ3n) is 12.4. The molecule has 3 atom stereocenters. The number of halogens is 3. The normalized spacial score (nSPS) is 18.3. The Morgan fingerprint density at radius 2 is 1.07 bits per heavy atom. The molecule has 2 aliphatic rings. The number of Topliss-reactive ketones (excluding diaryl/α,β-unsaturated/α-hetero) is 1. The topological polar surface area (TPSA) is 243 Å². The first-order chi connectivity index (χ1) is 30.6. The molecule has 2 saturated heterocycles. The lowest BCUT2D eigenvalue weighted by atomic mass is 10.1. The van der Waals surface area contributed by atoms with Crippen LogP contribution in [0.2, 0.25) is 36.3 Å². The van der Waals surface area contributed by atoms with Gasteiger partial charge in [-0.05, 0) is 42.7 Å². The summed E-state index contributed by atoms with van der Waals surface area (Å²) < 4.78 is 99.3. The van der Waals surface area contributed by atoms with Crippen LogP contribution < -0.4 is 18.9 Å². The van der Waals surface area contributed by atoms with Crippen LogP contribution in [0, 0.1) is 20.2 Å². The zero-order valence-electron chi connectivity index (χ0n) is 40.1. The highest BCUT2D eigenvalue weighted by molar-refractivity contribution is 7.87. The van der Waals surface area contributed by atoms with Crippen LogP contribution in [-0.4, -0.2) is 141 Å². The third-order valence-corrected chi connectivity index (χ3v) is 22.5. The number of nitrogens with zero attached hydrogens (tertiary/aromatic N) is 4. The van der Waals surface area contributed by atoms with Crippen LogP contribution in [0.3, 0.4) is 0 Å². The molecular formula is C41H61F3N4O16SSi2. The molecule has 0 radical (unpaired) electrons. The van der Waals surface area contributed by atoms with Crippen molar-refractivity contribution < 1.29 is 77.8 Å². The molecule has 2 heterocycles. The third kappa shape index (κ3) is 13.2. The molecule has 26 heteroatoms. The van der Waals surface area contributed by atoms with Crippen molar-refractivity contribution in [3.8, 4) is 23.0 Å². The highest BCUT2D eigenvalue weighted by Crippen LogP contribution is 2.41. The summed E-state index contributed by atoms with van der Waals surface area (Å²) in [6.07, 6.45) is -1.67. The Bertz CT molecular complexity index is 2300. The van der Waals surface area contributed by atoms with Crippen molar-refractivity contribution in [2.75, 3.05) is 54.7 Å². The van der Waals surface area contributed by atoms with Gasteiger partial charge < -0.3 is 37.6 Å². The van der Waals surface area contributed by atoms with E-state index < -0.39 is 95.6 Å². The summed E-state index contributed by atoms with van der Waals surface area (Å²) >= 11 is 0. The van der Waals surface area contributed by atoms with Crippen molar-refractivity contribution in [3.05, 3.63) is 55.6 Å². The van der Waals surface area contributed by atoms with Gasteiger partial charge in [-0.15, -0.1) is 0 Å². The first kappa shape index (κ1) is 56.4. The molecule has 4 rings (SSSR count). The second kappa shape index (κ2) is 21.2. The monoisotopic (exact) mass is 1010 g/mol. The molecule has 376 valence electrons. The van der Waals surface area contributed by atoms with Crippen LogP contribution in [0.25, 0.3) is 0 Å². The van der Waals surface area contributed by atoms with Crippen molar-refractivity contribution >= 4 is 55.7 Å². The van der Waals surface area contributed by atoms with Crippen LogP contribution >= 0.6 is 0 Å². The second-order valence-corrected chi connectivity index (χ2v) is 30.1. The van der Waals surface area contributed by atoms with Gasteiger partial charge in [0.1, 0.15) is 11.1 Å². The van der Waals surface area contributed by atoms with Crippen molar-refractivity contribution in [2.45, 2.75) is 114 Å². The van der Waals surface area contributed by atoms with Crippen molar-refractivity contribution in [3.63, 3.8) is 0 Å². The summed E-state index contributed by atoms with van der Waals surface area (Å²) in [7, 11) is -5.17. The van der Waals surface area contributed by atoms with Gasteiger partial charge in [-0.25, -0.2) is 0 Å². The molecule has 2 amide bonds. The highest BCUT2D eigenvalue weighted by Gasteiger charge is 2.51. The largest absolute Gasteiger partial charge is 0.523 e. The number of ether oxygens (including phenoxy) is 4. The summed E-state index contributed by atoms with van der Waals surface area (Å²) in [6.45, 7) is 19.7. The quantitative estimate of drug-likeness (QED) is 0.0519. The number of nitro benzene ring substituents is 2. The predicted octanol–water partition coefficient (Wildman–Crippen LogP) is 7.50. The lowest BCUT2D eigenvalue weighted by molar-refractivity contribution is -0.385. The molecule has 0 aromatic heterocycles. The molecule has 2 aromatic carbocycles. The smallest absolute Gasteiger partial charge is 0.493 e. The molecule has 67 heavy (non-hydrogen) atoms. The molecule has 2 aliphatic heterocycles. The van der Waals surface area contributed by atoms with Gasteiger partial charge in [0.15, 0.2) is 45.4 Å². The Labute approximate surface area is 390 Å². The molecule has 0 N–H and O–H groups in total. The van der Waals surface area contributed by atoms with Crippen LogP contribution in [0.5, 0.6) is 23.0 Å². The number of alkyl halides is 3. The number of rotatable bonds is 16. The van der Waals surface area contributed by atoms with Crippen molar-refractivity contribution in [1.29, 1.82) is 0 Å². The SMILES string of the molecule is COc1cc(C(=O)N2CC(=O)C[C@H]2CO[Si](C)(C)C(C)(C)C)c([N+](=O)[O-])cc1OC.COc1cc(C(=O)N2CC(OS(=O)(=O)C(F)(F)F)C[C@H]2CO[Si](C)(C)C(C)(C)C)c([N+](=O)[O-])cc1OC. The fraction of sp³-hybridized carbons (Fsp3) is 0.634. The molecule has 0 saturated carbocycles. The highest BCUT2D eigenvalue weighted by atomic mass is 32.2. The van der Waals surface area contributed by atoms with Gasteiger partial charge in [0.05, 0.1) is 88.4 Å². The van der Waals surface area contributed by atoms with E-state index in [4.69, 9.17) is 27.8 Å². The first-order valence-electron chi connectivity index (χ1n) is 20.8. The zero-order valence-corrected chi connectivity index (χ0v) is 43.0. The lowest BCUT2D eigenvalue weighted by Gasteiger charge is -2.38. The summed E-state index contributed by atoms with van der Waals surface area (Å²) in [4.78, 5) is 63.2. The fourth-order valence-electron chi connectivity index (χ4n) is 6.46. The van der Waals surface area contributed by atoms with Crippen molar-refractivity contribution in [1.82, 2.24) is 9.80 Å². The number of hydrogen-bond acceptors (Lipinski definition) is 16.